The van der Waals surface area contributed by atoms with Crippen LogP contribution < -0.4 is 16.0 Å². The van der Waals surface area contributed by atoms with E-state index >= 15 is 0 Å². The number of carboxylic acids is 1. The van der Waals surface area contributed by atoms with Crippen molar-refractivity contribution in [1.29, 1.82) is 0 Å². The number of nitrogens with one attached hydrogen (secondary N) is 3. The van der Waals surface area contributed by atoms with Gasteiger partial charge in [0.05, 0.1) is 6.42 Å². The fraction of sp³-hybridized carbons (Fsp3) is 0.636. The summed E-state index contributed by atoms with van der Waals surface area (Å²) in [6.07, 6.45) is 0.0176. The summed E-state index contributed by atoms with van der Waals surface area (Å²) < 4.78 is 0. The Morgan fingerprint density at radius 2 is 2.00 bits per heavy atom. The summed E-state index contributed by atoms with van der Waals surface area (Å²) in [6, 6.07) is -2.59. The van der Waals surface area contributed by atoms with Crippen LogP contribution in [-0.2, 0) is 14.4 Å². The molecule has 4 amide bonds. The molecule has 8 nitrogen and oxygen atoms in total. The normalized spacial score (nSPS) is 19.8. The summed E-state index contributed by atoms with van der Waals surface area (Å²) in [6.45, 7) is 3.68. The quantitative estimate of drug-likeness (QED) is 0.471. The highest BCUT2D eigenvalue weighted by Gasteiger charge is 2.32. The Bertz CT molecular complexity index is 407. The maximum atomic E-state index is 11.6. The van der Waals surface area contributed by atoms with Gasteiger partial charge in [-0.25, -0.2) is 9.59 Å². The first kappa shape index (κ1) is 14.9. The van der Waals surface area contributed by atoms with Crippen LogP contribution in [0.2, 0.25) is 0 Å². The van der Waals surface area contributed by atoms with E-state index in [1.165, 1.54) is 0 Å². The molecule has 0 unspecified atom stereocenters. The van der Waals surface area contributed by atoms with Crippen molar-refractivity contribution >= 4 is 23.8 Å². The molecule has 2 atom stereocenters. The van der Waals surface area contributed by atoms with Crippen molar-refractivity contribution in [3.8, 4) is 0 Å². The molecule has 1 heterocycles. The number of hydrogen-bond acceptors (Lipinski definition) is 4. The van der Waals surface area contributed by atoms with Crippen LogP contribution in [-0.4, -0.2) is 41.0 Å². The zero-order valence-corrected chi connectivity index (χ0v) is 10.7. The number of hydrogen-bond donors (Lipinski definition) is 4. The Balaban J connectivity index is 2.51. The van der Waals surface area contributed by atoms with Gasteiger partial charge in [-0.2, -0.15) is 0 Å². The SMILES string of the molecule is CC(C)C[C@H](NC(=O)C[C@@H]1NC(=O)NC1=O)C(=O)O. The number of imide groups is 1. The van der Waals surface area contributed by atoms with E-state index in [4.69, 9.17) is 5.11 Å². The van der Waals surface area contributed by atoms with Crippen LogP contribution >= 0.6 is 0 Å². The van der Waals surface area contributed by atoms with E-state index in [-0.39, 0.29) is 12.3 Å². The van der Waals surface area contributed by atoms with Gasteiger partial charge in [0.2, 0.25) is 5.91 Å². The van der Waals surface area contributed by atoms with Crippen molar-refractivity contribution in [3.63, 3.8) is 0 Å². The first-order valence-corrected chi connectivity index (χ1v) is 5.93. The minimum Gasteiger partial charge on any atom is -0.480 e. The fourth-order valence-corrected chi connectivity index (χ4v) is 1.73. The average Bonchev–Trinajstić information content (AvgIpc) is 2.55. The first-order valence-electron chi connectivity index (χ1n) is 5.93. The van der Waals surface area contributed by atoms with Crippen LogP contribution in [0.25, 0.3) is 0 Å². The molecule has 1 saturated heterocycles. The standard InChI is InChI=1S/C11H17N3O5/c1-5(2)3-7(10(17)18)12-8(15)4-6-9(16)14-11(19)13-6/h5-7H,3-4H2,1-2H3,(H,12,15)(H,17,18)(H2,13,14,16,19)/t6-,7-/m0/s1. The lowest BCUT2D eigenvalue weighted by molar-refractivity contribution is -0.142. The number of amides is 4. The van der Waals surface area contributed by atoms with Gasteiger partial charge in [-0.15, -0.1) is 0 Å². The summed E-state index contributed by atoms with van der Waals surface area (Å²) in [4.78, 5) is 44.7. The molecule has 8 heteroatoms. The van der Waals surface area contributed by atoms with Crippen molar-refractivity contribution in [2.24, 2.45) is 5.92 Å². The highest BCUT2D eigenvalue weighted by Crippen LogP contribution is 2.06. The molecule has 0 saturated carbocycles. The molecule has 1 aliphatic heterocycles. The summed E-state index contributed by atoms with van der Waals surface area (Å²) >= 11 is 0. The molecular formula is C11H17N3O5. The van der Waals surface area contributed by atoms with Gasteiger partial charge >= 0.3 is 12.0 Å². The fourth-order valence-electron chi connectivity index (χ4n) is 1.73. The Hall–Kier alpha value is -2.12. The predicted octanol–water partition coefficient (Wildman–Crippen LogP) is -0.800. The topological polar surface area (TPSA) is 125 Å². The zero-order valence-electron chi connectivity index (χ0n) is 10.7. The predicted molar refractivity (Wildman–Crippen MR) is 64.1 cm³/mol. The molecule has 4 N–H and O–H groups in total. The van der Waals surface area contributed by atoms with E-state index in [1.807, 2.05) is 19.2 Å². The molecular weight excluding hydrogens is 254 g/mol. The highest BCUT2D eigenvalue weighted by atomic mass is 16.4. The third-order valence-electron chi connectivity index (χ3n) is 2.59. The molecule has 1 rings (SSSR count). The molecule has 106 valence electrons. The summed E-state index contributed by atoms with van der Waals surface area (Å²) in [5.41, 5.74) is 0. The van der Waals surface area contributed by atoms with E-state index in [0.29, 0.717) is 6.42 Å². The van der Waals surface area contributed by atoms with E-state index in [2.05, 4.69) is 10.6 Å². The molecule has 0 aromatic rings. The number of rotatable bonds is 6. The number of carbonyl (C=O) groups excluding carboxylic acids is 3. The summed E-state index contributed by atoms with van der Waals surface area (Å²) in [7, 11) is 0. The summed E-state index contributed by atoms with van der Waals surface area (Å²) in [5, 5.41) is 15.6. The monoisotopic (exact) mass is 271 g/mol. The molecule has 19 heavy (non-hydrogen) atoms. The second-order valence-electron chi connectivity index (χ2n) is 4.81. The Morgan fingerprint density at radius 1 is 1.37 bits per heavy atom. The van der Waals surface area contributed by atoms with E-state index in [9.17, 15) is 19.2 Å². The third-order valence-corrected chi connectivity index (χ3v) is 2.59. The van der Waals surface area contributed by atoms with Crippen molar-refractivity contribution in [2.45, 2.75) is 38.8 Å². The largest absolute Gasteiger partial charge is 0.480 e. The van der Waals surface area contributed by atoms with Crippen molar-refractivity contribution in [1.82, 2.24) is 16.0 Å². The average molecular weight is 271 g/mol. The van der Waals surface area contributed by atoms with Gasteiger partial charge in [-0.1, -0.05) is 13.8 Å². The van der Waals surface area contributed by atoms with Gasteiger partial charge in [0.15, 0.2) is 0 Å². The van der Waals surface area contributed by atoms with Crippen molar-refractivity contribution in [3.05, 3.63) is 0 Å². The van der Waals surface area contributed by atoms with Crippen LogP contribution in [0.5, 0.6) is 0 Å². The molecule has 0 bridgehead atoms. The lowest BCUT2D eigenvalue weighted by atomic mass is 10.0. The second kappa shape index (κ2) is 6.17. The molecule has 0 aromatic carbocycles. The smallest absolute Gasteiger partial charge is 0.326 e. The maximum Gasteiger partial charge on any atom is 0.326 e. The number of aliphatic carboxylic acids is 1. The Labute approximate surface area is 109 Å². The number of carbonyl (C=O) groups is 4. The number of carboxylic acid groups (broad SMARTS) is 1. The first-order chi connectivity index (χ1) is 8.79. The molecule has 0 radical (unpaired) electrons. The van der Waals surface area contributed by atoms with E-state index in [1.54, 1.807) is 0 Å². The molecule has 1 fully saturated rings. The van der Waals surface area contributed by atoms with Crippen molar-refractivity contribution in [2.75, 3.05) is 0 Å². The van der Waals surface area contributed by atoms with Crippen LogP contribution in [0.1, 0.15) is 26.7 Å². The van der Waals surface area contributed by atoms with Crippen LogP contribution in [0.15, 0.2) is 0 Å². The van der Waals surface area contributed by atoms with Gasteiger partial charge in [0.25, 0.3) is 5.91 Å². The lowest BCUT2D eigenvalue weighted by Crippen LogP contribution is -2.44. The van der Waals surface area contributed by atoms with Gasteiger partial charge in [-0.3, -0.25) is 14.9 Å². The van der Waals surface area contributed by atoms with E-state index < -0.39 is 35.9 Å². The highest BCUT2D eigenvalue weighted by molar-refractivity contribution is 6.05. The van der Waals surface area contributed by atoms with Gasteiger partial charge < -0.3 is 15.7 Å². The summed E-state index contributed by atoms with van der Waals surface area (Å²) in [5.74, 6) is -2.19. The molecule has 0 aliphatic carbocycles. The Kier molecular flexibility index (Phi) is 4.85. The van der Waals surface area contributed by atoms with Crippen LogP contribution in [0.4, 0.5) is 4.79 Å². The number of urea groups is 1. The minimum atomic E-state index is -1.12. The maximum absolute atomic E-state index is 11.6. The van der Waals surface area contributed by atoms with E-state index in [0.717, 1.165) is 0 Å². The van der Waals surface area contributed by atoms with Gasteiger partial charge in [0.1, 0.15) is 12.1 Å². The second-order valence-corrected chi connectivity index (χ2v) is 4.81. The zero-order chi connectivity index (χ0) is 14.6. The van der Waals surface area contributed by atoms with Crippen LogP contribution in [0.3, 0.4) is 0 Å². The molecule has 1 aliphatic rings. The Morgan fingerprint density at radius 3 is 2.42 bits per heavy atom. The van der Waals surface area contributed by atoms with Crippen molar-refractivity contribution < 1.29 is 24.3 Å². The molecule has 0 aromatic heterocycles. The lowest BCUT2D eigenvalue weighted by Gasteiger charge is -2.17. The van der Waals surface area contributed by atoms with Gasteiger partial charge in [0, 0.05) is 0 Å². The molecule has 0 spiro atoms. The third kappa shape index (κ3) is 4.57. The van der Waals surface area contributed by atoms with Crippen LogP contribution in [0, 0.1) is 5.92 Å². The van der Waals surface area contributed by atoms with Gasteiger partial charge in [-0.05, 0) is 12.3 Å². The minimum absolute atomic E-state index is 0.107.